The number of benzene rings is 1. The number of hydrogen-bond donors (Lipinski definition) is 1. The van der Waals surface area contributed by atoms with Crippen molar-refractivity contribution in [3.8, 4) is 0 Å². The Balaban J connectivity index is 2.68. The number of anilines is 1. The van der Waals surface area contributed by atoms with Gasteiger partial charge in [-0.2, -0.15) is 0 Å². The second kappa shape index (κ2) is 2.95. The molecule has 1 aliphatic rings. The highest BCUT2D eigenvalue weighted by atomic mass is 32.2. The Morgan fingerprint density at radius 2 is 2.21 bits per heavy atom. The first-order valence-corrected chi connectivity index (χ1v) is 5.84. The third-order valence-electron chi connectivity index (χ3n) is 2.36. The van der Waals surface area contributed by atoms with Gasteiger partial charge in [-0.15, -0.1) is 0 Å². The summed E-state index contributed by atoms with van der Waals surface area (Å²) in [6.45, 7) is 1.98. The molecule has 1 aliphatic heterocycles. The van der Waals surface area contributed by atoms with Crippen molar-refractivity contribution in [2.24, 2.45) is 0 Å². The summed E-state index contributed by atoms with van der Waals surface area (Å²) in [7, 11) is -3.35. The van der Waals surface area contributed by atoms with Crippen molar-refractivity contribution < 1.29 is 12.8 Å². The maximum atomic E-state index is 12.9. The van der Waals surface area contributed by atoms with Crippen LogP contribution in [0.5, 0.6) is 0 Å². The quantitative estimate of drug-likeness (QED) is 0.711. The fourth-order valence-electron chi connectivity index (χ4n) is 1.46. The fourth-order valence-corrected chi connectivity index (χ4v) is 2.92. The molecule has 2 rings (SSSR count). The Labute approximate surface area is 81.9 Å². The van der Waals surface area contributed by atoms with Crippen LogP contribution in [0.25, 0.3) is 0 Å². The lowest BCUT2D eigenvalue weighted by atomic mass is 10.3. The summed E-state index contributed by atoms with van der Waals surface area (Å²) in [4.78, 5) is 0.0660. The van der Waals surface area contributed by atoms with Gasteiger partial charge in [0.25, 0.3) is 0 Å². The molecule has 0 bridgehead atoms. The SMILES string of the molecule is CC1CNc2ccc(F)cc2S1(=O)=O. The normalized spacial score (nSPS) is 23.7. The summed E-state index contributed by atoms with van der Waals surface area (Å²) in [5.74, 6) is -0.525. The first-order valence-electron chi connectivity index (χ1n) is 4.29. The molecule has 1 N–H and O–H groups in total. The van der Waals surface area contributed by atoms with Crippen LogP contribution in [0.2, 0.25) is 0 Å². The minimum Gasteiger partial charge on any atom is -0.383 e. The van der Waals surface area contributed by atoms with Crippen LogP contribution in [0.3, 0.4) is 0 Å². The Morgan fingerprint density at radius 3 is 2.93 bits per heavy atom. The molecule has 0 aliphatic carbocycles. The molecular weight excluding hydrogens is 205 g/mol. The third-order valence-corrected chi connectivity index (χ3v) is 4.54. The van der Waals surface area contributed by atoms with Gasteiger partial charge in [0, 0.05) is 6.54 Å². The van der Waals surface area contributed by atoms with Crippen molar-refractivity contribution in [3.63, 3.8) is 0 Å². The second-order valence-corrected chi connectivity index (χ2v) is 5.71. The monoisotopic (exact) mass is 215 g/mol. The number of sulfone groups is 1. The molecule has 0 saturated heterocycles. The van der Waals surface area contributed by atoms with Crippen LogP contribution in [0.4, 0.5) is 10.1 Å². The Hall–Kier alpha value is -1.10. The van der Waals surface area contributed by atoms with E-state index >= 15 is 0 Å². The van der Waals surface area contributed by atoms with E-state index in [0.717, 1.165) is 6.07 Å². The van der Waals surface area contributed by atoms with Crippen molar-refractivity contribution in [1.29, 1.82) is 0 Å². The van der Waals surface area contributed by atoms with Crippen LogP contribution < -0.4 is 5.32 Å². The molecular formula is C9H10FNO2S. The van der Waals surface area contributed by atoms with Crippen LogP contribution >= 0.6 is 0 Å². The predicted molar refractivity (Wildman–Crippen MR) is 51.5 cm³/mol. The van der Waals surface area contributed by atoms with Crippen LogP contribution in [-0.4, -0.2) is 20.2 Å². The van der Waals surface area contributed by atoms with E-state index in [1.54, 1.807) is 6.92 Å². The Kier molecular flexibility index (Phi) is 1.99. The lowest BCUT2D eigenvalue weighted by Crippen LogP contribution is -2.31. The molecule has 1 aromatic carbocycles. The minimum atomic E-state index is -3.35. The zero-order valence-electron chi connectivity index (χ0n) is 7.62. The van der Waals surface area contributed by atoms with Gasteiger partial charge < -0.3 is 5.32 Å². The number of hydrogen-bond acceptors (Lipinski definition) is 3. The van der Waals surface area contributed by atoms with Crippen LogP contribution in [0.15, 0.2) is 23.1 Å². The zero-order valence-corrected chi connectivity index (χ0v) is 8.44. The van der Waals surface area contributed by atoms with Crippen molar-refractivity contribution >= 4 is 15.5 Å². The van der Waals surface area contributed by atoms with E-state index < -0.39 is 20.9 Å². The maximum Gasteiger partial charge on any atom is 0.184 e. The largest absolute Gasteiger partial charge is 0.383 e. The molecule has 5 heteroatoms. The standard InChI is InChI=1S/C9H10FNO2S/c1-6-5-11-8-3-2-7(10)4-9(8)14(6,12)13/h2-4,6,11H,5H2,1H3. The van der Waals surface area contributed by atoms with E-state index in [9.17, 15) is 12.8 Å². The van der Waals surface area contributed by atoms with Crippen LogP contribution in [-0.2, 0) is 9.84 Å². The van der Waals surface area contributed by atoms with E-state index in [0.29, 0.717) is 12.2 Å². The van der Waals surface area contributed by atoms with Crippen molar-refractivity contribution in [2.45, 2.75) is 17.1 Å². The van der Waals surface area contributed by atoms with E-state index in [1.165, 1.54) is 12.1 Å². The van der Waals surface area contributed by atoms with Gasteiger partial charge in [-0.3, -0.25) is 0 Å². The summed E-state index contributed by atoms with van der Waals surface area (Å²) in [5, 5.41) is 2.45. The van der Waals surface area contributed by atoms with Crippen LogP contribution in [0.1, 0.15) is 6.92 Å². The highest BCUT2D eigenvalue weighted by Gasteiger charge is 2.30. The number of halogens is 1. The first kappa shape index (κ1) is 9.45. The summed E-state index contributed by atoms with van der Waals surface area (Å²) in [6, 6.07) is 3.76. The van der Waals surface area contributed by atoms with E-state index in [4.69, 9.17) is 0 Å². The van der Waals surface area contributed by atoms with E-state index in [2.05, 4.69) is 5.32 Å². The maximum absolute atomic E-state index is 12.9. The van der Waals surface area contributed by atoms with Gasteiger partial charge in [0.1, 0.15) is 5.82 Å². The molecule has 0 aromatic heterocycles. The van der Waals surface area contributed by atoms with Crippen molar-refractivity contribution in [3.05, 3.63) is 24.0 Å². The van der Waals surface area contributed by atoms with Gasteiger partial charge in [-0.1, -0.05) is 0 Å². The second-order valence-electron chi connectivity index (χ2n) is 3.38. The molecule has 0 amide bonds. The van der Waals surface area contributed by atoms with Gasteiger partial charge in [-0.25, -0.2) is 12.8 Å². The zero-order chi connectivity index (χ0) is 10.3. The molecule has 3 nitrogen and oxygen atoms in total. The molecule has 0 spiro atoms. The molecule has 14 heavy (non-hydrogen) atoms. The number of nitrogens with one attached hydrogen (secondary N) is 1. The molecule has 1 unspecified atom stereocenters. The minimum absolute atomic E-state index is 0.0660. The van der Waals surface area contributed by atoms with E-state index in [-0.39, 0.29) is 4.90 Å². The Bertz CT molecular complexity index is 470. The molecule has 1 heterocycles. The number of rotatable bonds is 0. The van der Waals surface area contributed by atoms with Crippen molar-refractivity contribution in [2.75, 3.05) is 11.9 Å². The van der Waals surface area contributed by atoms with Gasteiger partial charge >= 0.3 is 0 Å². The summed E-state index contributed by atoms with van der Waals surface area (Å²) >= 11 is 0. The Morgan fingerprint density at radius 1 is 1.50 bits per heavy atom. The highest BCUT2D eigenvalue weighted by molar-refractivity contribution is 7.92. The summed E-state index contributed by atoms with van der Waals surface area (Å²) in [5.41, 5.74) is 0.490. The molecule has 0 saturated carbocycles. The van der Waals surface area contributed by atoms with E-state index in [1.807, 2.05) is 0 Å². The van der Waals surface area contributed by atoms with Gasteiger partial charge in [-0.05, 0) is 25.1 Å². The molecule has 0 radical (unpaired) electrons. The van der Waals surface area contributed by atoms with Gasteiger partial charge in [0.2, 0.25) is 0 Å². The summed E-state index contributed by atoms with van der Waals surface area (Å²) < 4.78 is 36.4. The number of fused-ring (bicyclic) bond motifs is 1. The predicted octanol–water partition coefficient (Wildman–Crippen LogP) is 1.41. The highest BCUT2D eigenvalue weighted by Crippen LogP contribution is 2.29. The topological polar surface area (TPSA) is 46.2 Å². The molecule has 76 valence electrons. The molecule has 1 atom stereocenters. The lowest BCUT2D eigenvalue weighted by Gasteiger charge is -2.23. The smallest absolute Gasteiger partial charge is 0.184 e. The third kappa shape index (κ3) is 1.28. The van der Waals surface area contributed by atoms with Crippen molar-refractivity contribution in [1.82, 2.24) is 0 Å². The summed E-state index contributed by atoms with van der Waals surface area (Å²) in [6.07, 6.45) is 0. The fraction of sp³-hybridized carbons (Fsp3) is 0.333. The lowest BCUT2D eigenvalue weighted by molar-refractivity contribution is 0.578. The van der Waals surface area contributed by atoms with Crippen LogP contribution in [0, 0.1) is 5.82 Å². The average molecular weight is 215 g/mol. The first-order chi connectivity index (χ1) is 6.51. The molecule has 1 aromatic rings. The average Bonchev–Trinajstić information content (AvgIpc) is 2.13. The van der Waals surface area contributed by atoms with Gasteiger partial charge in [0.15, 0.2) is 9.84 Å². The van der Waals surface area contributed by atoms with Gasteiger partial charge in [0.05, 0.1) is 15.8 Å². The molecule has 0 fully saturated rings.